The van der Waals surface area contributed by atoms with Crippen molar-refractivity contribution in [2.75, 3.05) is 33.9 Å². The first-order valence-electron chi connectivity index (χ1n) is 12.7. The summed E-state index contributed by atoms with van der Waals surface area (Å²) in [6.07, 6.45) is -1.88. The molecule has 3 aromatic heterocycles. The second kappa shape index (κ2) is 10.8. The first-order chi connectivity index (χ1) is 19.1. The summed E-state index contributed by atoms with van der Waals surface area (Å²) in [5.41, 5.74) is 0.368. The molecule has 5 rings (SSSR count). The number of hydrogen-bond donors (Lipinski definition) is 0. The summed E-state index contributed by atoms with van der Waals surface area (Å²) in [4.78, 5) is 26.4. The SMILES string of the molecule is COc1ccc(-c2nc3c(C(=O)N4CCN(Cc5cccnc5OC)C[C@H]4C)cnn3c(C(F)(F)F)c2C)cc1. The number of benzene rings is 1. The molecule has 0 saturated carbocycles. The van der Waals surface area contributed by atoms with Crippen molar-refractivity contribution in [1.29, 1.82) is 0 Å². The van der Waals surface area contributed by atoms with E-state index in [-0.39, 0.29) is 28.5 Å². The largest absolute Gasteiger partial charge is 0.497 e. The molecule has 4 aromatic rings. The van der Waals surface area contributed by atoms with E-state index >= 15 is 0 Å². The second-order valence-electron chi connectivity index (χ2n) is 9.71. The topological polar surface area (TPSA) is 85.1 Å². The van der Waals surface area contributed by atoms with E-state index in [0.717, 1.165) is 10.1 Å². The van der Waals surface area contributed by atoms with Crippen molar-refractivity contribution >= 4 is 11.6 Å². The van der Waals surface area contributed by atoms with Crippen molar-refractivity contribution < 1.29 is 27.4 Å². The number of pyridine rings is 1. The minimum absolute atomic E-state index is 0.0227. The van der Waals surface area contributed by atoms with E-state index in [1.807, 2.05) is 19.1 Å². The van der Waals surface area contributed by atoms with Crippen molar-refractivity contribution in [3.8, 4) is 22.9 Å². The molecule has 40 heavy (non-hydrogen) atoms. The van der Waals surface area contributed by atoms with Crippen LogP contribution in [0.25, 0.3) is 16.9 Å². The molecular weight excluding hydrogens is 525 g/mol. The minimum atomic E-state index is -4.72. The molecule has 0 spiro atoms. The van der Waals surface area contributed by atoms with Crippen LogP contribution in [0.1, 0.15) is 34.1 Å². The molecule has 1 amide bonds. The second-order valence-corrected chi connectivity index (χ2v) is 9.71. The summed E-state index contributed by atoms with van der Waals surface area (Å²) in [7, 11) is 3.08. The smallest absolute Gasteiger partial charge is 0.433 e. The van der Waals surface area contributed by atoms with Crippen LogP contribution in [-0.4, -0.2) is 75.2 Å². The average molecular weight is 555 g/mol. The fraction of sp³-hybridized carbons (Fsp3) is 0.357. The number of carbonyl (C=O) groups excluding carboxylic acids is 1. The van der Waals surface area contributed by atoms with Crippen molar-refractivity contribution in [3.05, 3.63) is 71.2 Å². The summed E-state index contributed by atoms with van der Waals surface area (Å²) >= 11 is 0. The van der Waals surface area contributed by atoms with Crippen molar-refractivity contribution in [1.82, 2.24) is 29.4 Å². The number of amides is 1. The van der Waals surface area contributed by atoms with Gasteiger partial charge in [-0.15, -0.1) is 0 Å². The lowest BCUT2D eigenvalue weighted by molar-refractivity contribution is -0.143. The monoisotopic (exact) mass is 554 g/mol. The van der Waals surface area contributed by atoms with E-state index < -0.39 is 17.8 Å². The fourth-order valence-corrected chi connectivity index (χ4v) is 5.19. The molecular formula is C28H29F3N6O3. The first-order valence-corrected chi connectivity index (χ1v) is 12.7. The van der Waals surface area contributed by atoms with Crippen LogP contribution in [-0.2, 0) is 12.7 Å². The van der Waals surface area contributed by atoms with Gasteiger partial charge >= 0.3 is 6.18 Å². The summed E-state index contributed by atoms with van der Waals surface area (Å²) in [5, 5.41) is 3.97. The molecule has 1 saturated heterocycles. The van der Waals surface area contributed by atoms with Gasteiger partial charge in [0.05, 0.1) is 26.1 Å². The van der Waals surface area contributed by atoms with Crippen LogP contribution in [0.4, 0.5) is 13.2 Å². The highest BCUT2D eigenvalue weighted by atomic mass is 19.4. The molecule has 9 nitrogen and oxygen atoms in total. The van der Waals surface area contributed by atoms with Gasteiger partial charge in [-0.25, -0.2) is 14.5 Å². The zero-order valence-corrected chi connectivity index (χ0v) is 22.6. The van der Waals surface area contributed by atoms with E-state index in [2.05, 4.69) is 20.0 Å². The van der Waals surface area contributed by atoms with E-state index in [4.69, 9.17) is 9.47 Å². The van der Waals surface area contributed by atoms with Gasteiger partial charge in [-0.3, -0.25) is 9.69 Å². The molecule has 0 aliphatic carbocycles. The number of ether oxygens (including phenoxy) is 2. The van der Waals surface area contributed by atoms with Gasteiger partial charge in [-0.1, -0.05) is 6.07 Å². The van der Waals surface area contributed by atoms with Crippen LogP contribution in [0.15, 0.2) is 48.8 Å². The van der Waals surface area contributed by atoms with Gasteiger partial charge in [0.2, 0.25) is 5.88 Å². The van der Waals surface area contributed by atoms with Gasteiger partial charge in [0.15, 0.2) is 11.3 Å². The molecule has 0 bridgehead atoms. The maximum Gasteiger partial charge on any atom is 0.433 e. The Balaban J connectivity index is 1.47. The predicted molar refractivity (Wildman–Crippen MR) is 141 cm³/mol. The summed E-state index contributed by atoms with van der Waals surface area (Å²) < 4.78 is 54.1. The third kappa shape index (κ3) is 5.06. The standard InChI is InChI=1S/C28H29F3N6O3/c1-17-15-35(16-20-6-5-11-32-26(20)40-4)12-13-36(17)27(38)22-14-33-37-24(28(29,30)31)18(2)23(34-25(22)37)19-7-9-21(39-3)10-8-19/h5-11,14,17H,12-13,15-16H2,1-4H3/t17-/m1/s1. The fourth-order valence-electron chi connectivity index (χ4n) is 5.19. The Morgan fingerprint density at radius 2 is 1.85 bits per heavy atom. The third-order valence-corrected chi connectivity index (χ3v) is 7.16. The van der Waals surface area contributed by atoms with Gasteiger partial charge in [-0.05, 0) is 44.2 Å². The predicted octanol–water partition coefficient (Wildman–Crippen LogP) is 4.48. The Hall–Kier alpha value is -4.19. The molecule has 1 aliphatic heterocycles. The minimum Gasteiger partial charge on any atom is -0.497 e. The average Bonchev–Trinajstić information content (AvgIpc) is 3.35. The molecule has 1 aliphatic rings. The zero-order chi connectivity index (χ0) is 28.6. The Labute approximate surface area is 229 Å². The van der Waals surface area contributed by atoms with E-state index in [1.165, 1.54) is 20.2 Å². The number of nitrogens with zero attached hydrogens (tertiary/aromatic N) is 6. The van der Waals surface area contributed by atoms with Crippen LogP contribution in [0.2, 0.25) is 0 Å². The Morgan fingerprint density at radius 1 is 1.10 bits per heavy atom. The zero-order valence-electron chi connectivity index (χ0n) is 22.6. The van der Waals surface area contributed by atoms with Crippen LogP contribution in [0.3, 0.4) is 0 Å². The lowest BCUT2D eigenvalue weighted by Crippen LogP contribution is -2.53. The summed E-state index contributed by atoms with van der Waals surface area (Å²) in [5.74, 6) is 0.703. The molecule has 1 atom stereocenters. The van der Waals surface area contributed by atoms with Crippen LogP contribution in [0, 0.1) is 6.92 Å². The van der Waals surface area contributed by atoms with Crippen LogP contribution in [0.5, 0.6) is 11.6 Å². The number of piperazine rings is 1. The lowest BCUT2D eigenvalue weighted by atomic mass is 10.0. The molecule has 1 aromatic carbocycles. The van der Waals surface area contributed by atoms with E-state index in [9.17, 15) is 18.0 Å². The Bertz CT molecular complexity index is 1540. The number of fused-ring (bicyclic) bond motifs is 1. The summed E-state index contributed by atoms with van der Waals surface area (Å²) in [6.45, 7) is 5.41. The van der Waals surface area contributed by atoms with Crippen LogP contribution >= 0.6 is 0 Å². The molecule has 4 heterocycles. The van der Waals surface area contributed by atoms with Gasteiger partial charge in [0.1, 0.15) is 11.3 Å². The molecule has 0 N–H and O–H groups in total. The summed E-state index contributed by atoms with van der Waals surface area (Å²) in [6, 6.07) is 10.2. The van der Waals surface area contributed by atoms with Gasteiger partial charge in [0, 0.05) is 55.1 Å². The molecule has 0 unspecified atom stereocenters. The van der Waals surface area contributed by atoms with E-state index in [1.54, 1.807) is 42.5 Å². The Morgan fingerprint density at radius 3 is 2.50 bits per heavy atom. The number of alkyl halides is 3. The van der Waals surface area contributed by atoms with Crippen molar-refractivity contribution in [3.63, 3.8) is 0 Å². The highest BCUT2D eigenvalue weighted by molar-refractivity contribution is 6.00. The number of carbonyl (C=O) groups is 1. The van der Waals surface area contributed by atoms with Gasteiger partial charge in [-0.2, -0.15) is 18.3 Å². The normalized spacial score (nSPS) is 16.4. The number of hydrogen-bond acceptors (Lipinski definition) is 7. The molecule has 0 radical (unpaired) electrons. The Kier molecular flexibility index (Phi) is 7.37. The van der Waals surface area contributed by atoms with Crippen molar-refractivity contribution in [2.24, 2.45) is 0 Å². The quantitative estimate of drug-likeness (QED) is 0.348. The van der Waals surface area contributed by atoms with E-state index in [0.29, 0.717) is 43.4 Å². The highest BCUT2D eigenvalue weighted by Gasteiger charge is 2.39. The van der Waals surface area contributed by atoms with Crippen LogP contribution < -0.4 is 9.47 Å². The van der Waals surface area contributed by atoms with Gasteiger partial charge in [0.25, 0.3) is 5.91 Å². The highest BCUT2D eigenvalue weighted by Crippen LogP contribution is 2.37. The molecule has 12 heteroatoms. The maximum atomic E-state index is 14.3. The van der Waals surface area contributed by atoms with Crippen molar-refractivity contribution in [2.45, 2.75) is 32.6 Å². The number of aromatic nitrogens is 4. The molecule has 210 valence electrons. The number of methoxy groups -OCH3 is 2. The third-order valence-electron chi connectivity index (χ3n) is 7.16. The maximum absolute atomic E-state index is 14.3. The first kappa shape index (κ1) is 27.4. The number of rotatable bonds is 6. The lowest BCUT2D eigenvalue weighted by Gasteiger charge is -2.39. The number of halogens is 3. The molecule has 1 fully saturated rings. The van der Waals surface area contributed by atoms with Gasteiger partial charge < -0.3 is 14.4 Å².